The van der Waals surface area contributed by atoms with Crippen molar-refractivity contribution in [3.63, 3.8) is 0 Å². The predicted molar refractivity (Wildman–Crippen MR) is 100 cm³/mol. The molecular weight excluding hydrogens is 328 g/mol. The number of nitrogens with zero attached hydrogens (tertiary/aromatic N) is 5. The lowest BCUT2D eigenvalue weighted by Crippen LogP contribution is -2.47. The third kappa shape index (κ3) is 3.21. The number of hydrogen-bond donors (Lipinski definition) is 1. The molecule has 2 saturated heterocycles. The second kappa shape index (κ2) is 7.32. The number of amides is 1. The van der Waals surface area contributed by atoms with Gasteiger partial charge in [-0.2, -0.15) is 5.10 Å². The van der Waals surface area contributed by atoms with Crippen molar-refractivity contribution in [2.45, 2.75) is 37.6 Å². The zero-order valence-electron chi connectivity index (χ0n) is 15.7. The van der Waals surface area contributed by atoms with E-state index in [1.54, 1.807) is 13.2 Å². The van der Waals surface area contributed by atoms with Crippen molar-refractivity contribution < 1.29 is 4.79 Å². The highest BCUT2D eigenvalue weighted by atomic mass is 16.1. The number of rotatable bonds is 3. The van der Waals surface area contributed by atoms with Crippen LogP contribution in [0.4, 0.5) is 0 Å². The van der Waals surface area contributed by atoms with Crippen molar-refractivity contribution in [2.75, 3.05) is 40.3 Å². The average Bonchev–Trinajstić information content (AvgIpc) is 3.12. The second-order valence-corrected chi connectivity index (χ2v) is 7.61. The Morgan fingerprint density at radius 3 is 2.81 bits per heavy atom. The Labute approximate surface area is 154 Å². The smallest absolute Gasteiger partial charge is 0.256 e. The molecule has 140 valence electrons. The molecule has 7 heteroatoms. The first-order valence-corrected chi connectivity index (χ1v) is 9.64. The first-order chi connectivity index (χ1) is 12.7. The molecule has 2 aromatic heterocycles. The van der Waals surface area contributed by atoms with Crippen molar-refractivity contribution in [1.29, 1.82) is 0 Å². The summed E-state index contributed by atoms with van der Waals surface area (Å²) in [5.74, 6) is 0.299. The molecule has 0 unspecified atom stereocenters. The minimum atomic E-state index is -0.138. The molecular formula is C19H28N6O. The van der Waals surface area contributed by atoms with Crippen LogP contribution in [0.25, 0.3) is 5.65 Å². The van der Waals surface area contributed by atoms with Gasteiger partial charge in [-0.1, -0.05) is 0 Å². The molecule has 0 saturated carbocycles. The number of likely N-dealkylation sites (tertiary alicyclic amines) is 2. The van der Waals surface area contributed by atoms with E-state index in [0.29, 0.717) is 23.2 Å². The van der Waals surface area contributed by atoms with Gasteiger partial charge in [0.2, 0.25) is 0 Å². The lowest BCUT2D eigenvalue weighted by atomic mass is 9.91. The molecule has 4 rings (SSSR count). The number of aromatic nitrogens is 3. The second-order valence-electron chi connectivity index (χ2n) is 7.61. The van der Waals surface area contributed by atoms with E-state index in [1.165, 1.54) is 44.6 Å². The standard InChI is InChI=1S/C19H28N6O/c1-20-19(26)16-12-22-25-17(5-8-21-18(16)25)14-4-3-9-24(13-14)15-6-10-23(2)11-7-15/h5,8,12,14-15H,3-4,6-7,9-11,13H2,1-2H3,(H,20,26)/t14-/m0/s1. The molecule has 4 heterocycles. The molecule has 7 nitrogen and oxygen atoms in total. The third-order valence-corrected chi connectivity index (χ3v) is 5.98. The predicted octanol–water partition coefficient (Wildman–Crippen LogP) is 1.36. The number of hydrogen-bond acceptors (Lipinski definition) is 5. The molecule has 0 aromatic carbocycles. The van der Waals surface area contributed by atoms with Gasteiger partial charge in [-0.15, -0.1) is 0 Å². The van der Waals surface area contributed by atoms with Crippen LogP contribution in [0.3, 0.4) is 0 Å². The van der Waals surface area contributed by atoms with E-state index in [1.807, 2.05) is 10.7 Å². The van der Waals surface area contributed by atoms with Gasteiger partial charge in [0.25, 0.3) is 5.91 Å². The Balaban J connectivity index is 1.57. The summed E-state index contributed by atoms with van der Waals surface area (Å²) in [4.78, 5) is 21.6. The minimum absolute atomic E-state index is 0.138. The first-order valence-electron chi connectivity index (χ1n) is 9.64. The van der Waals surface area contributed by atoms with Gasteiger partial charge in [0.15, 0.2) is 5.65 Å². The highest BCUT2D eigenvalue weighted by Gasteiger charge is 2.30. The summed E-state index contributed by atoms with van der Waals surface area (Å²) in [6.45, 7) is 4.66. The molecule has 0 aliphatic carbocycles. The van der Waals surface area contributed by atoms with Crippen molar-refractivity contribution in [2.24, 2.45) is 0 Å². The number of fused-ring (bicyclic) bond motifs is 1. The van der Waals surface area contributed by atoms with E-state index in [9.17, 15) is 4.79 Å². The normalized spacial score (nSPS) is 23.4. The van der Waals surface area contributed by atoms with E-state index in [0.717, 1.165) is 13.0 Å². The third-order valence-electron chi connectivity index (χ3n) is 5.98. The summed E-state index contributed by atoms with van der Waals surface area (Å²) >= 11 is 0. The minimum Gasteiger partial charge on any atom is -0.355 e. The SMILES string of the molecule is CNC(=O)c1cnn2c([C@H]3CCCN(C4CCN(C)CC4)C3)ccnc12. The van der Waals surface area contributed by atoms with Gasteiger partial charge in [-0.25, -0.2) is 9.50 Å². The van der Waals surface area contributed by atoms with Crippen LogP contribution >= 0.6 is 0 Å². The van der Waals surface area contributed by atoms with Crippen molar-refractivity contribution in [3.8, 4) is 0 Å². The summed E-state index contributed by atoms with van der Waals surface area (Å²) in [7, 11) is 3.85. The van der Waals surface area contributed by atoms with Crippen molar-refractivity contribution in [3.05, 3.63) is 29.7 Å². The van der Waals surface area contributed by atoms with Crippen LogP contribution in [0, 0.1) is 0 Å². The van der Waals surface area contributed by atoms with Crippen LogP contribution in [0.2, 0.25) is 0 Å². The van der Waals surface area contributed by atoms with Crippen LogP contribution in [-0.2, 0) is 0 Å². The number of carbonyl (C=O) groups is 1. The van der Waals surface area contributed by atoms with E-state index in [-0.39, 0.29) is 5.91 Å². The molecule has 1 amide bonds. The van der Waals surface area contributed by atoms with Gasteiger partial charge < -0.3 is 10.2 Å². The Kier molecular flexibility index (Phi) is 4.91. The van der Waals surface area contributed by atoms with Crippen LogP contribution in [0.15, 0.2) is 18.5 Å². The molecule has 0 radical (unpaired) electrons. The van der Waals surface area contributed by atoms with Gasteiger partial charge in [-0.3, -0.25) is 9.69 Å². The Morgan fingerprint density at radius 1 is 1.23 bits per heavy atom. The summed E-state index contributed by atoms with van der Waals surface area (Å²) in [6, 6.07) is 2.77. The van der Waals surface area contributed by atoms with Crippen LogP contribution in [0.5, 0.6) is 0 Å². The van der Waals surface area contributed by atoms with E-state index in [2.05, 4.69) is 38.3 Å². The van der Waals surface area contributed by atoms with Crippen LogP contribution in [0.1, 0.15) is 47.7 Å². The molecule has 1 N–H and O–H groups in total. The lowest BCUT2D eigenvalue weighted by Gasteiger charge is -2.41. The van der Waals surface area contributed by atoms with Gasteiger partial charge >= 0.3 is 0 Å². The fourth-order valence-electron chi connectivity index (χ4n) is 4.45. The maximum atomic E-state index is 12.0. The van der Waals surface area contributed by atoms with E-state index in [4.69, 9.17) is 0 Å². The molecule has 2 fully saturated rings. The summed E-state index contributed by atoms with van der Waals surface area (Å²) < 4.78 is 1.87. The monoisotopic (exact) mass is 356 g/mol. The zero-order valence-corrected chi connectivity index (χ0v) is 15.7. The fourth-order valence-corrected chi connectivity index (χ4v) is 4.45. The zero-order chi connectivity index (χ0) is 18.1. The van der Waals surface area contributed by atoms with Gasteiger partial charge in [0.1, 0.15) is 5.56 Å². The fraction of sp³-hybridized carbons (Fsp3) is 0.632. The number of piperidine rings is 2. The molecule has 2 aliphatic rings. The Hall–Kier alpha value is -1.99. The van der Waals surface area contributed by atoms with Gasteiger partial charge in [0, 0.05) is 31.7 Å². The largest absolute Gasteiger partial charge is 0.355 e. The molecule has 2 aliphatic heterocycles. The Bertz CT molecular complexity index is 779. The van der Waals surface area contributed by atoms with Gasteiger partial charge in [0.05, 0.1) is 11.9 Å². The average molecular weight is 356 g/mol. The summed E-state index contributed by atoms with van der Waals surface area (Å²) in [5.41, 5.74) is 2.36. The first kappa shape index (κ1) is 17.4. The van der Waals surface area contributed by atoms with Gasteiger partial charge in [-0.05, 0) is 58.4 Å². The maximum absolute atomic E-state index is 12.0. The van der Waals surface area contributed by atoms with Crippen molar-refractivity contribution in [1.82, 2.24) is 29.7 Å². The molecule has 0 bridgehead atoms. The quantitative estimate of drug-likeness (QED) is 0.900. The molecule has 1 atom stereocenters. The topological polar surface area (TPSA) is 65.8 Å². The summed E-state index contributed by atoms with van der Waals surface area (Å²) in [6.07, 6.45) is 8.34. The molecule has 26 heavy (non-hydrogen) atoms. The number of nitrogens with one attached hydrogen (secondary N) is 1. The number of carbonyl (C=O) groups excluding carboxylic acids is 1. The van der Waals surface area contributed by atoms with E-state index >= 15 is 0 Å². The van der Waals surface area contributed by atoms with E-state index < -0.39 is 0 Å². The Morgan fingerprint density at radius 2 is 2.04 bits per heavy atom. The highest BCUT2D eigenvalue weighted by molar-refractivity contribution is 5.99. The van der Waals surface area contributed by atoms with Crippen LogP contribution < -0.4 is 5.32 Å². The van der Waals surface area contributed by atoms with Crippen LogP contribution in [-0.4, -0.2) is 76.6 Å². The molecule has 0 spiro atoms. The maximum Gasteiger partial charge on any atom is 0.256 e. The molecule has 2 aromatic rings. The summed E-state index contributed by atoms with van der Waals surface area (Å²) in [5, 5.41) is 7.15. The lowest BCUT2D eigenvalue weighted by molar-refractivity contribution is 0.0930. The highest BCUT2D eigenvalue weighted by Crippen LogP contribution is 2.30. The van der Waals surface area contributed by atoms with Crippen molar-refractivity contribution >= 4 is 11.6 Å².